The third-order valence-electron chi connectivity index (χ3n) is 3.43. The summed E-state index contributed by atoms with van der Waals surface area (Å²) >= 11 is 0. The average Bonchev–Trinajstić information content (AvgIpc) is 2.93. The van der Waals surface area contributed by atoms with Gasteiger partial charge < -0.3 is 20.5 Å². The van der Waals surface area contributed by atoms with Crippen molar-refractivity contribution < 1.29 is 14.3 Å². The average molecular weight is 284 g/mol. The second-order valence-electron chi connectivity index (χ2n) is 4.94. The Morgan fingerprint density at radius 2 is 2.00 bits per heavy atom. The van der Waals surface area contributed by atoms with Gasteiger partial charge in [0.05, 0.1) is 0 Å². The van der Waals surface area contributed by atoms with Crippen molar-refractivity contribution in [3.05, 3.63) is 53.1 Å². The number of primary amides is 1. The summed E-state index contributed by atoms with van der Waals surface area (Å²) in [5, 5.41) is 3.34. The van der Waals surface area contributed by atoms with Crippen LogP contribution in [-0.2, 0) is 6.54 Å². The second-order valence-corrected chi connectivity index (χ2v) is 4.94. The standard InChI is InChI=1S/C16H16N2O3/c1-10-6-12(16(17)19)3-4-13(10)18-8-11-2-5-14-15(7-11)21-9-20-14/h2-7,18H,8-9H2,1H3,(H2,17,19). The third kappa shape index (κ3) is 2.76. The summed E-state index contributed by atoms with van der Waals surface area (Å²) in [5.74, 6) is 1.14. The van der Waals surface area contributed by atoms with Crippen LogP contribution in [0.25, 0.3) is 0 Å². The maximum atomic E-state index is 11.1. The van der Waals surface area contributed by atoms with E-state index >= 15 is 0 Å². The van der Waals surface area contributed by atoms with Gasteiger partial charge in [0.2, 0.25) is 12.7 Å². The van der Waals surface area contributed by atoms with Gasteiger partial charge >= 0.3 is 0 Å². The second kappa shape index (κ2) is 5.36. The van der Waals surface area contributed by atoms with Crippen molar-refractivity contribution >= 4 is 11.6 Å². The van der Waals surface area contributed by atoms with E-state index < -0.39 is 5.91 Å². The van der Waals surface area contributed by atoms with Crippen LogP contribution in [0.1, 0.15) is 21.5 Å². The monoisotopic (exact) mass is 284 g/mol. The molecule has 1 heterocycles. The van der Waals surface area contributed by atoms with Gasteiger partial charge in [-0.05, 0) is 48.4 Å². The van der Waals surface area contributed by atoms with Crippen LogP contribution in [0.4, 0.5) is 5.69 Å². The van der Waals surface area contributed by atoms with Gasteiger partial charge in [-0.15, -0.1) is 0 Å². The molecule has 5 heteroatoms. The number of rotatable bonds is 4. The van der Waals surface area contributed by atoms with Crippen molar-refractivity contribution in [3.8, 4) is 11.5 Å². The number of nitrogens with one attached hydrogen (secondary N) is 1. The van der Waals surface area contributed by atoms with Crippen molar-refractivity contribution in [1.29, 1.82) is 0 Å². The lowest BCUT2D eigenvalue weighted by atomic mass is 10.1. The molecule has 0 unspecified atom stereocenters. The number of aryl methyl sites for hydroxylation is 1. The fourth-order valence-corrected chi connectivity index (χ4v) is 2.26. The SMILES string of the molecule is Cc1cc(C(N)=O)ccc1NCc1ccc2c(c1)OCO2. The molecule has 2 aromatic carbocycles. The van der Waals surface area contributed by atoms with Crippen molar-refractivity contribution in [2.24, 2.45) is 5.73 Å². The van der Waals surface area contributed by atoms with Crippen LogP contribution in [0.5, 0.6) is 11.5 Å². The Morgan fingerprint density at radius 1 is 1.19 bits per heavy atom. The molecule has 0 saturated carbocycles. The number of hydrogen-bond acceptors (Lipinski definition) is 4. The number of hydrogen-bond donors (Lipinski definition) is 2. The van der Waals surface area contributed by atoms with E-state index in [2.05, 4.69) is 5.32 Å². The molecule has 0 spiro atoms. The molecule has 0 radical (unpaired) electrons. The molecule has 1 aliphatic heterocycles. The van der Waals surface area contributed by atoms with Gasteiger partial charge in [0.15, 0.2) is 11.5 Å². The number of anilines is 1. The minimum atomic E-state index is -0.416. The Balaban J connectivity index is 1.71. The first kappa shape index (κ1) is 13.3. The molecule has 21 heavy (non-hydrogen) atoms. The lowest BCUT2D eigenvalue weighted by molar-refractivity contribution is 0.1000. The fourth-order valence-electron chi connectivity index (χ4n) is 2.26. The molecule has 0 saturated heterocycles. The first-order valence-electron chi connectivity index (χ1n) is 6.66. The third-order valence-corrected chi connectivity index (χ3v) is 3.43. The zero-order chi connectivity index (χ0) is 14.8. The minimum absolute atomic E-state index is 0.278. The van der Waals surface area contributed by atoms with Crippen LogP contribution in [0.2, 0.25) is 0 Å². The number of ether oxygens (including phenoxy) is 2. The molecule has 3 rings (SSSR count). The number of nitrogens with two attached hydrogens (primary N) is 1. The summed E-state index contributed by atoms with van der Waals surface area (Å²) in [6, 6.07) is 11.2. The Bertz CT molecular complexity index is 698. The summed E-state index contributed by atoms with van der Waals surface area (Å²) in [7, 11) is 0. The van der Waals surface area contributed by atoms with Gasteiger partial charge in [-0.3, -0.25) is 4.79 Å². The van der Waals surface area contributed by atoms with E-state index in [1.54, 1.807) is 12.1 Å². The van der Waals surface area contributed by atoms with E-state index in [9.17, 15) is 4.79 Å². The molecule has 0 bridgehead atoms. The van der Waals surface area contributed by atoms with E-state index in [1.807, 2.05) is 31.2 Å². The van der Waals surface area contributed by atoms with Gasteiger partial charge in [-0.25, -0.2) is 0 Å². The van der Waals surface area contributed by atoms with Crippen molar-refractivity contribution in [2.45, 2.75) is 13.5 Å². The lowest BCUT2D eigenvalue weighted by Crippen LogP contribution is -2.11. The van der Waals surface area contributed by atoms with Crippen LogP contribution < -0.4 is 20.5 Å². The Labute approximate surface area is 122 Å². The van der Waals surface area contributed by atoms with Crippen molar-refractivity contribution in [2.75, 3.05) is 12.1 Å². The molecule has 2 aromatic rings. The molecule has 0 aliphatic carbocycles. The van der Waals surface area contributed by atoms with Crippen LogP contribution in [0, 0.1) is 6.92 Å². The zero-order valence-corrected chi connectivity index (χ0v) is 11.7. The number of carbonyl (C=O) groups excluding carboxylic acids is 1. The number of carbonyl (C=O) groups is 1. The van der Waals surface area contributed by atoms with Crippen LogP contribution in [0.15, 0.2) is 36.4 Å². The number of fused-ring (bicyclic) bond motifs is 1. The van der Waals surface area contributed by atoms with Gasteiger partial charge in [0.1, 0.15) is 0 Å². The highest BCUT2D eigenvalue weighted by Gasteiger charge is 2.13. The van der Waals surface area contributed by atoms with Crippen molar-refractivity contribution in [1.82, 2.24) is 0 Å². The highest BCUT2D eigenvalue weighted by atomic mass is 16.7. The highest BCUT2D eigenvalue weighted by Crippen LogP contribution is 2.32. The Morgan fingerprint density at radius 3 is 2.76 bits per heavy atom. The predicted molar refractivity (Wildman–Crippen MR) is 79.6 cm³/mol. The normalized spacial score (nSPS) is 12.2. The molecular weight excluding hydrogens is 268 g/mol. The van der Waals surface area contributed by atoms with E-state index in [1.165, 1.54) is 0 Å². The van der Waals surface area contributed by atoms with E-state index in [0.29, 0.717) is 12.1 Å². The first-order chi connectivity index (χ1) is 10.1. The molecule has 108 valence electrons. The molecule has 0 fully saturated rings. The largest absolute Gasteiger partial charge is 0.454 e. The summed E-state index contributed by atoms with van der Waals surface area (Å²) in [5.41, 5.74) is 8.82. The fraction of sp³-hybridized carbons (Fsp3) is 0.188. The number of amides is 1. The smallest absolute Gasteiger partial charge is 0.248 e. The minimum Gasteiger partial charge on any atom is -0.454 e. The number of benzene rings is 2. The maximum absolute atomic E-state index is 11.1. The molecule has 0 aromatic heterocycles. The summed E-state index contributed by atoms with van der Waals surface area (Å²) in [4.78, 5) is 11.1. The van der Waals surface area contributed by atoms with Gasteiger partial charge in [-0.2, -0.15) is 0 Å². The summed E-state index contributed by atoms with van der Waals surface area (Å²) in [6.07, 6.45) is 0. The van der Waals surface area contributed by atoms with Crippen LogP contribution >= 0.6 is 0 Å². The van der Waals surface area contributed by atoms with Crippen molar-refractivity contribution in [3.63, 3.8) is 0 Å². The Kier molecular flexibility index (Phi) is 3.39. The molecule has 1 amide bonds. The molecule has 3 N–H and O–H groups in total. The molecule has 5 nitrogen and oxygen atoms in total. The maximum Gasteiger partial charge on any atom is 0.248 e. The predicted octanol–water partition coefficient (Wildman–Crippen LogP) is 2.43. The van der Waals surface area contributed by atoms with E-state index in [4.69, 9.17) is 15.2 Å². The van der Waals surface area contributed by atoms with Gasteiger partial charge in [0.25, 0.3) is 0 Å². The molecule has 1 aliphatic rings. The highest BCUT2D eigenvalue weighted by molar-refractivity contribution is 5.93. The first-order valence-corrected chi connectivity index (χ1v) is 6.66. The topological polar surface area (TPSA) is 73.6 Å². The van der Waals surface area contributed by atoms with E-state index in [0.717, 1.165) is 28.3 Å². The summed E-state index contributed by atoms with van der Waals surface area (Å²) in [6.45, 7) is 2.88. The van der Waals surface area contributed by atoms with Gasteiger partial charge in [0, 0.05) is 17.8 Å². The van der Waals surface area contributed by atoms with Crippen LogP contribution in [-0.4, -0.2) is 12.7 Å². The Hall–Kier alpha value is -2.69. The van der Waals surface area contributed by atoms with Gasteiger partial charge in [-0.1, -0.05) is 6.07 Å². The summed E-state index contributed by atoms with van der Waals surface area (Å²) < 4.78 is 10.6. The zero-order valence-electron chi connectivity index (χ0n) is 11.7. The van der Waals surface area contributed by atoms with E-state index in [-0.39, 0.29) is 6.79 Å². The molecular formula is C16H16N2O3. The molecule has 0 atom stereocenters. The van der Waals surface area contributed by atoms with Crippen LogP contribution in [0.3, 0.4) is 0 Å². The quantitative estimate of drug-likeness (QED) is 0.904. The lowest BCUT2D eigenvalue weighted by Gasteiger charge is -2.11.